The van der Waals surface area contributed by atoms with Gasteiger partial charge < -0.3 is 24.4 Å². The molecule has 0 saturated carbocycles. The summed E-state index contributed by atoms with van der Waals surface area (Å²) in [6, 6.07) is 19.3. The van der Waals surface area contributed by atoms with Crippen LogP contribution in [0.25, 0.3) is 5.57 Å². The van der Waals surface area contributed by atoms with Gasteiger partial charge in [0, 0.05) is 11.1 Å². The molecule has 30 heavy (non-hydrogen) atoms. The Balaban J connectivity index is 1.82. The Kier molecular flexibility index (Phi) is 4.04. The molecule has 6 nitrogen and oxygen atoms in total. The molecule has 0 saturated heterocycles. The van der Waals surface area contributed by atoms with Crippen LogP contribution in [0.1, 0.15) is 22.3 Å². The van der Waals surface area contributed by atoms with Crippen LogP contribution < -0.4 is 14.2 Å². The number of rotatable bonds is 4. The zero-order valence-corrected chi connectivity index (χ0v) is 16.1. The van der Waals surface area contributed by atoms with Gasteiger partial charge in [-0.15, -0.1) is 0 Å². The van der Waals surface area contributed by atoms with Gasteiger partial charge in [-0.3, -0.25) is 0 Å². The normalized spacial score (nSPS) is 19.0. The molecule has 0 aromatic heterocycles. The SMILES string of the molecule is COc1cccc(C2(O)C(C(=O)O)=C(c3ccc4c(c3)OCO4)c3ccccc32)c1. The highest BCUT2D eigenvalue weighted by Gasteiger charge is 2.49. The minimum absolute atomic E-state index is 0.115. The number of aliphatic hydroxyl groups is 1. The molecule has 0 fully saturated rings. The van der Waals surface area contributed by atoms with Crippen LogP contribution in [0.2, 0.25) is 0 Å². The van der Waals surface area contributed by atoms with Crippen molar-refractivity contribution in [1.29, 1.82) is 0 Å². The molecule has 0 bridgehead atoms. The molecule has 3 aromatic rings. The third kappa shape index (κ3) is 2.51. The largest absolute Gasteiger partial charge is 0.497 e. The van der Waals surface area contributed by atoms with E-state index in [4.69, 9.17) is 14.2 Å². The quantitative estimate of drug-likeness (QED) is 0.694. The summed E-state index contributed by atoms with van der Waals surface area (Å²) in [5, 5.41) is 22.2. The first-order valence-electron chi connectivity index (χ1n) is 9.39. The summed E-state index contributed by atoms with van der Waals surface area (Å²) in [4.78, 5) is 12.5. The number of fused-ring (bicyclic) bond motifs is 2. The molecule has 5 rings (SSSR count). The maximum Gasteiger partial charge on any atom is 0.335 e. The molecule has 1 aliphatic carbocycles. The van der Waals surface area contributed by atoms with Crippen molar-refractivity contribution in [2.75, 3.05) is 13.9 Å². The fourth-order valence-corrected chi connectivity index (χ4v) is 4.23. The zero-order chi connectivity index (χ0) is 20.9. The Morgan fingerprint density at radius 2 is 1.80 bits per heavy atom. The topological polar surface area (TPSA) is 85.2 Å². The molecule has 1 unspecified atom stereocenters. The lowest BCUT2D eigenvalue weighted by molar-refractivity contribution is -0.134. The van der Waals surface area contributed by atoms with Gasteiger partial charge in [-0.2, -0.15) is 0 Å². The molecule has 1 heterocycles. The van der Waals surface area contributed by atoms with Gasteiger partial charge in [-0.05, 0) is 41.0 Å². The molecular weight excluding hydrogens is 384 g/mol. The van der Waals surface area contributed by atoms with E-state index in [-0.39, 0.29) is 12.4 Å². The molecule has 2 aliphatic rings. The summed E-state index contributed by atoms with van der Waals surface area (Å²) in [5.74, 6) is 0.466. The molecule has 1 aliphatic heterocycles. The van der Waals surface area contributed by atoms with E-state index in [1.165, 1.54) is 7.11 Å². The van der Waals surface area contributed by atoms with Crippen molar-refractivity contribution in [2.45, 2.75) is 5.60 Å². The number of benzene rings is 3. The average molecular weight is 402 g/mol. The number of carbonyl (C=O) groups is 1. The van der Waals surface area contributed by atoms with Crippen molar-refractivity contribution < 1.29 is 29.2 Å². The highest BCUT2D eigenvalue weighted by atomic mass is 16.7. The minimum Gasteiger partial charge on any atom is -0.497 e. The standard InChI is InChI=1S/C24H18O6/c1-28-16-6-4-5-15(12-16)24(27)18-8-3-2-7-17(18)21(22(24)23(25)26)14-9-10-19-20(11-14)30-13-29-19/h2-12,27H,13H2,1H3,(H,25,26). The number of hydrogen-bond donors (Lipinski definition) is 2. The predicted octanol–water partition coefficient (Wildman–Crippen LogP) is 3.56. The van der Waals surface area contributed by atoms with Gasteiger partial charge >= 0.3 is 5.97 Å². The van der Waals surface area contributed by atoms with Gasteiger partial charge in [-0.25, -0.2) is 4.79 Å². The minimum atomic E-state index is -1.84. The molecule has 0 spiro atoms. The molecule has 0 radical (unpaired) electrons. The van der Waals surface area contributed by atoms with Crippen molar-refractivity contribution in [2.24, 2.45) is 0 Å². The van der Waals surface area contributed by atoms with Crippen molar-refractivity contribution >= 4 is 11.5 Å². The lowest BCUT2D eigenvalue weighted by Crippen LogP contribution is -2.31. The average Bonchev–Trinajstić information content (AvgIpc) is 3.34. The number of hydrogen-bond acceptors (Lipinski definition) is 5. The first-order valence-corrected chi connectivity index (χ1v) is 9.39. The fraction of sp³-hybridized carbons (Fsp3) is 0.125. The van der Waals surface area contributed by atoms with Crippen LogP contribution in [-0.4, -0.2) is 30.1 Å². The second kappa shape index (κ2) is 6.64. The van der Waals surface area contributed by atoms with Crippen LogP contribution in [0.3, 0.4) is 0 Å². The molecule has 2 N–H and O–H groups in total. The van der Waals surface area contributed by atoms with Gasteiger partial charge in [-0.1, -0.05) is 42.5 Å². The summed E-state index contributed by atoms with van der Waals surface area (Å²) in [6.07, 6.45) is 0. The van der Waals surface area contributed by atoms with Gasteiger partial charge in [0.05, 0.1) is 12.7 Å². The number of methoxy groups -OCH3 is 1. The Morgan fingerprint density at radius 1 is 1.00 bits per heavy atom. The summed E-state index contributed by atoms with van der Waals surface area (Å²) in [6.45, 7) is 0.119. The number of aliphatic carboxylic acids is 1. The van der Waals surface area contributed by atoms with Gasteiger partial charge in [0.1, 0.15) is 11.4 Å². The number of carboxylic acids is 1. The molecular formula is C24H18O6. The Labute approximate surface area is 172 Å². The summed E-state index contributed by atoms with van der Waals surface area (Å²) in [5.41, 5.74) is 0.688. The van der Waals surface area contributed by atoms with Crippen LogP contribution >= 0.6 is 0 Å². The van der Waals surface area contributed by atoms with Crippen LogP contribution in [0.15, 0.2) is 72.3 Å². The maximum absolute atomic E-state index is 12.5. The zero-order valence-electron chi connectivity index (χ0n) is 16.1. The molecule has 6 heteroatoms. The Morgan fingerprint density at radius 3 is 2.60 bits per heavy atom. The smallest absolute Gasteiger partial charge is 0.335 e. The Hall–Kier alpha value is -3.77. The number of carboxylic acid groups (broad SMARTS) is 1. The molecule has 3 aromatic carbocycles. The van der Waals surface area contributed by atoms with Gasteiger partial charge in [0.25, 0.3) is 0 Å². The summed E-state index contributed by atoms with van der Waals surface area (Å²) < 4.78 is 16.2. The first kappa shape index (κ1) is 18.3. The summed E-state index contributed by atoms with van der Waals surface area (Å²) >= 11 is 0. The highest BCUT2D eigenvalue weighted by Crippen LogP contribution is 2.52. The fourth-order valence-electron chi connectivity index (χ4n) is 4.23. The van der Waals surface area contributed by atoms with Crippen LogP contribution in [0.4, 0.5) is 0 Å². The van der Waals surface area contributed by atoms with E-state index < -0.39 is 11.6 Å². The van der Waals surface area contributed by atoms with E-state index in [9.17, 15) is 15.0 Å². The van der Waals surface area contributed by atoms with E-state index in [2.05, 4.69) is 0 Å². The maximum atomic E-state index is 12.5. The second-order valence-electron chi connectivity index (χ2n) is 7.11. The Bertz CT molecular complexity index is 1210. The van der Waals surface area contributed by atoms with E-state index >= 15 is 0 Å². The first-order chi connectivity index (χ1) is 14.5. The monoisotopic (exact) mass is 402 g/mol. The third-order valence-corrected chi connectivity index (χ3v) is 5.56. The highest BCUT2D eigenvalue weighted by molar-refractivity contribution is 6.07. The van der Waals surface area contributed by atoms with E-state index in [0.717, 1.165) is 0 Å². The van der Waals surface area contributed by atoms with Crippen molar-refractivity contribution in [3.05, 3.63) is 94.6 Å². The van der Waals surface area contributed by atoms with Crippen molar-refractivity contribution in [3.63, 3.8) is 0 Å². The predicted molar refractivity (Wildman–Crippen MR) is 109 cm³/mol. The third-order valence-electron chi connectivity index (χ3n) is 5.56. The van der Waals surface area contributed by atoms with Crippen molar-refractivity contribution in [3.8, 4) is 17.2 Å². The molecule has 150 valence electrons. The van der Waals surface area contributed by atoms with E-state index in [1.54, 1.807) is 54.6 Å². The van der Waals surface area contributed by atoms with Crippen LogP contribution in [0, 0.1) is 0 Å². The van der Waals surface area contributed by atoms with Crippen LogP contribution in [0.5, 0.6) is 17.2 Å². The number of ether oxygens (including phenoxy) is 3. The lowest BCUT2D eigenvalue weighted by atomic mass is 9.83. The molecule has 1 atom stereocenters. The van der Waals surface area contributed by atoms with Crippen LogP contribution in [-0.2, 0) is 10.4 Å². The van der Waals surface area contributed by atoms with E-state index in [0.29, 0.717) is 45.1 Å². The van der Waals surface area contributed by atoms with Gasteiger partial charge in [0.15, 0.2) is 11.5 Å². The van der Waals surface area contributed by atoms with Crippen molar-refractivity contribution in [1.82, 2.24) is 0 Å². The van der Waals surface area contributed by atoms with Gasteiger partial charge in [0.2, 0.25) is 6.79 Å². The molecule has 0 amide bonds. The second-order valence-corrected chi connectivity index (χ2v) is 7.11. The van der Waals surface area contributed by atoms with E-state index in [1.807, 2.05) is 12.1 Å². The summed E-state index contributed by atoms with van der Waals surface area (Å²) in [7, 11) is 1.53. The lowest BCUT2D eigenvalue weighted by Gasteiger charge is -2.27.